The molecule has 0 radical (unpaired) electrons. The molecule has 1 N–H and O–H groups in total. The van der Waals surface area contributed by atoms with E-state index in [1.807, 2.05) is 42.3 Å². The molecule has 0 saturated carbocycles. The number of likely N-dealkylation sites (N-methyl/N-ethyl adjacent to an activating group) is 1. The number of piperidine rings is 1. The number of rotatable bonds is 5. The Hall–Kier alpha value is -1.43. The lowest BCUT2D eigenvalue weighted by Gasteiger charge is -2.29. The Kier molecular flexibility index (Phi) is 5.32. The van der Waals surface area contributed by atoms with Crippen LogP contribution in [0.4, 0.5) is 0 Å². The van der Waals surface area contributed by atoms with E-state index in [2.05, 4.69) is 5.64 Å². The van der Waals surface area contributed by atoms with E-state index in [-0.39, 0.29) is 12.0 Å². The summed E-state index contributed by atoms with van der Waals surface area (Å²) in [4.78, 5) is 23.9. The van der Waals surface area contributed by atoms with Gasteiger partial charge in [-0.25, -0.2) is 4.79 Å². The fourth-order valence-corrected chi connectivity index (χ4v) is 2.20. The molecule has 0 aliphatic carbocycles. The Labute approximate surface area is 113 Å². The van der Waals surface area contributed by atoms with Gasteiger partial charge in [0, 0.05) is 0 Å². The molecule has 0 amide bonds. The van der Waals surface area contributed by atoms with Crippen LogP contribution in [-0.2, 0) is 21.1 Å². The van der Waals surface area contributed by atoms with Crippen molar-refractivity contribution >= 4 is 5.97 Å². The van der Waals surface area contributed by atoms with Crippen molar-refractivity contribution in [1.82, 2.24) is 10.5 Å². The second-order valence-electron chi connectivity index (χ2n) is 4.77. The van der Waals surface area contributed by atoms with Gasteiger partial charge in [-0.3, -0.25) is 9.74 Å². The molecule has 1 aromatic rings. The zero-order valence-corrected chi connectivity index (χ0v) is 11.2. The number of nitrogens with one attached hydrogen (secondary N) is 1. The predicted octanol–water partition coefficient (Wildman–Crippen LogP) is 1.65. The zero-order valence-electron chi connectivity index (χ0n) is 11.2. The van der Waals surface area contributed by atoms with Crippen molar-refractivity contribution in [2.75, 3.05) is 13.6 Å². The molecular formula is C14H20N2O3. The van der Waals surface area contributed by atoms with Crippen molar-refractivity contribution in [3.8, 4) is 0 Å². The second kappa shape index (κ2) is 7.23. The molecule has 1 aliphatic heterocycles. The molecule has 1 unspecified atom stereocenters. The molecular weight excluding hydrogens is 244 g/mol. The lowest BCUT2D eigenvalue weighted by molar-refractivity contribution is -0.201. The maximum atomic E-state index is 11.8. The van der Waals surface area contributed by atoms with Crippen molar-refractivity contribution in [3.05, 3.63) is 35.9 Å². The quantitative estimate of drug-likeness (QED) is 0.647. The van der Waals surface area contributed by atoms with E-state index < -0.39 is 0 Å². The second-order valence-corrected chi connectivity index (χ2v) is 4.77. The first kappa shape index (κ1) is 14.0. The molecule has 1 saturated heterocycles. The minimum atomic E-state index is -0.282. The van der Waals surface area contributed by atoms with Gasteiger partial charge < -0.3 is 4.84 Å². The summed E-state index contributed by atoms with van der Waals surface area (Å²) in [5, 5.41) is 0. The number of nitrogens with zero attached hydrogens (tertiary/aromatic N) is 1. The van der Waals surface area contributed by atoms with Gasteiger partial charge in [-0.2, -0.15) is 0 Å². The normalized spacial score (nSPS) is 20.2. The first-order chi connectivity index (χ1) is 9.27. The van der Waals surface area contributed by atoms with Crippen LogP contribution >= 0.6 is 0 Å². The van der Waals surface area contributed by atoms with Crippen LogP contribution in [0.3, 0.4) is 0 Å². The van der Waals surface area contributed by atoms with Crippen LogP contribution in [0.15, 0.2) is 30.3 Å². The average molecular weight is 264 g/mol. The summed E-state index contributed by atoms with van der Waals surface area (Å²) < 4.78 is 0. The molecule has 1 fully saturated rings. The van der Waals surface area contributed by atoms with Crippen LogP contribution in [0.2, 0.25) is 0 Å². The summed E-state index contributed by atoms with van der Waals surface area (Å²) in [5.74, 6) is -0.282. The Morgan fingerprint density at radius 2 is 2.16 bits per heavy atom. The Balaban J connectivity index is 1.66. The summed E-state index contributed by atoms with van der Waals surface area (Å²) >= 11 is 0. The third kappa shape index (κ3) is 4.31. The highest BCUT2D eigenvalue weighted by atomic mass is 16.9. The van der Waals surface area contributed by atoms with Gasteiger partial charge in [0.2, 0.25) is 0 Å². The number of likely N-dealkylation sites (tertiary alicyclic amines) is 1. The van der Waals surface area contributed by atoms with E-state index in [1.54, 1.807) is 0 Å². The van der Waals surface area contributed by atoms with Gasteiger partial charge in [-0.05, 0) is 37.6 Å². The van der Waals surface area contributed by atoms with Gasteiger partial charge in [0.05, 0.1) is 6.61 Å². The molecule has 5 heteroatoms. The van der Waals surface area contributed by atoms with Crippen LogP contribution in [0, 0.1) is 0 Å². The first-order valence-corrected chi connectivity index (χ1v) is 6.59. The van der Waals surface area contributed by atoms with Crippen LogP contribution in [0.25, 0.3) is 0 Å². The third-order valence-electron chi connectivity index (χ3n) is 3.33. The van der Waals surface area contributed by atoms with Crippen molar-refractivity contribution in [3.63, 3.8) is 0 Å². The molecule has 1 aliphatic rings. The van der Waals surface area contributed by atoms with Crippen LogP contribution in [0.1, 0.15) is 24.8 Å². The van der Waals surface area contributed by atoms with Crippen LogP contribution in [-0.4, -0.2) is 30.5 Å². The number of carbonyl (C=O) groups is 1. The topological polar surface area (TPSA) is 50.8 Å². The Bertz CT molecular complexity index is 397. The highest BCUT2D eigenvalue weighted by molar-refractivity contribution is 5.75. The fourth-order valence-electron chi connectivity index (χ4n) is 2.20. The largest absolute Gasteiger partial charge is 0.344 e. The summed E-state index contributed by atoms with van der Waals surface area (Å²) in [6, 6.07) is 9.53. The van der Waals surface area contributed by atoms with Gasteiger partial charge in [0.15, 0.2) is 0 Å². The van der Waals surface area contributed by atoms with Gasteiger partial charge in [-0.1, -0.05) is 36.8 Å². The summed E-state index contributed by atoms with van der Waals surface area (Å²) in [6.45, 7) is 1.29. The third-order valence-corrected chi connectivity index (χ3v) is 3.33. The maximum absolute atomic E-state index is 11.8. The van der Waals surface area contributed by atoms with Crippen LogP contribution < -0.4 is 5.64 Å². The van der Waals surface area contributed by atoms with E-state index in [0.29, 0.717) is 6.61 Å². The van der Waals surface area contributed by atoms with Gasteiger partial charge in [0.1, 0.15) is 6.04 Å². The van der Waals surface area contributed by atoms with Crippen LogP contribution in [0.5, 0.6) is 0 Å². The molecule has 5 nitrogen and oxygen atoms in total. The Morgan fingerprint density at radius 3 is 2.89 bits per heavy atom. The van der Waals surface area contributed by atoms with Crippen molar-refractivity contribution in [1.29, 1.82) is 0 Å². The molecule has 1 heterocycles. The van der Waals surface area contributed by atoms with Crippen molar-refractivity contribution < 1.29 is 14.5 Å². The number of benzene rings is 1. The highest BCUT2D eigenvalue weighted by Gasteiger charge is 2.27. The summed E-state index contributed by atoms with van der Waals surface area (Å²) in [6.07, 6.45) is 3.04. The number of carbonyl (C=O) groups excluding carboxylic acids is 1. The summed E-state index contributed by atoms with van der Waals surface area (Å²) in [7, 11) is 1.94. The molecule has 1 aromatic carbocycles. The SMILES string of the molecule is CN1CCCCC1C(=O)ONOCc1ccccc1. The van der Waals surface area contributed by atoms with E-state index in [0.717, 1.165) is 31.4 Å². The predicted molar refractivity (Wildman–Crippen MR) is 70.7 cm³/mol. The van der Waals surface area contributed by atoms with Gasteiger partial charge in [0.25, 0.3) is 0 Å². The van der Waals surface area contributed by atoms with Crippen molar-refractivity contribution in [2.45, 2.75) is 31.9 Å². The highest BCUT2D eigenvalue weighted by Crippen LogP contribution is 2.15. The van der Waals surface area contributed by atoms with Gasteiger partial charge in [-0.15, -0.1) is 0 Å². The maximum Gasteiger partial charge on any atom is 0.344 e. The van der Waals surface area contributed by atoms with E-state index >= 15 is 0 Å². The van der Waals surface area contributed by atoms with E-state index in [1.165, 1.54) is 0 Å². The van der Waals surface area contributed by atoms with E-state index in [4.69, 9.17) is 9.68 Å². The Morgan fingerprint density at radius 1 is 1.37 bits per heavy atom. The lowest BCUT2D eigenvalue weighted by Crippen LogP contribution is -2.44. The molecule has 2 rings (SSSR count). The fraction of sp³-hybridized carbons (Fsp3) is 0.500. The minimum absolute atomic E-state index is 0.165. The molecule has 19 heavy (non-hydrogen) atoms. The molecule has 104 valence electrons. The minimum Gasteiger partial charge on any atom is -0.343 e. The van der Waals surface area contributed by atoms with E-state index in [9.17, 15) is 4.79 Å². The standard InChI is InChI=1S/C14H20N2O3/c1-16-10-6-5-9-13(16)14(17)19-15-18-11-12-7-3-2-4-8-12/h2-4,7-8,13,15H,5-6,9-11H2,1H3. The smallest absolute Gasteiger partial charge is 0.343 e. The number of hydrogen-bond acceptors (Lipinski definition) is 5. The first-order valence-electron chi connectivity index (χ1n) is 6.59. The average Bonchev–Trinajstić information content (AvgIpc) is 2.45. The zero-order chi connectivity index (χ0) is 13.5. The number of hydrogen-bond donors (Lipinski definition) is 1. The molecule has 0 spiro atoms. The monoisotopic (exact) mass is 264 g/mol. The molecule has 0 aromatic heterocycles. The van der Waals surface area contributed by atoms with Crippen molar-refractivity contribution in [2.24, 2.45) is 0 Å². The molecule has 0 bridgehead atoms. The summed E-state index contributed by atoms with van der Waals surface area (Å²) in [5.41, 5.74) is 3.29. The molecule has 1 atom stereocenters. The lowest BCUT2D eigenvalue weighted by atomic mass is 10.0. The van der Waals surface area contributed by atoms with Gasteiger partial charge >= 0.3 is 5.97 Å².